The minimum absolute atomic E-state index is 0.00925. The summed E-state index contributed by atoms with van der Waals surface area (Å²) in [5.41, 5.74) is 0.742. The lowest BCUT2D eigenvalue weighted by Crippen LogP contribution is -2.43. The molecule has 1 fully saturated rings. The van der Waals surface area contributed by atoms with Crippen LogP contribution in [0.1, 0.15) is 40.0 Å². The van der Waals surface area contributed by atoms with Gasteiger partial charge in [-0.2, -0.15) is 0 Å². The van der Waals surface area contributed by atoms with Gasteiger partial charge < -0.3 is 4.90 Å². The number of hydrogen-bond donors (Lipinski definition) is 0. The molecule has 0 unspecified atom stereocenters. The first-order valence-corrected chi connectivity index (χ1v) is 10.7. The Morgan fingerprint density at radius 1 is 1.44 bits per heavy atom. The number of nitrogens with zero attached hydrogens (tertiary/aromatic N) is 3. The molecule has 7 heteroatoms. The molecule has 25 heavy (non-hydrogen) atoms. The molecular formula is C18H25N3O2S2. The molecular weight excluding hydrogens is 354 g/mol. The van der Waals surface area contributed by atoms with E-state index in [0.717, 1.165) is 24.9 Å². The molecule has 3 heterocycles. The van der Waals surface area contributed by atoms with Crippen molar-refractivity contribution in [2.75, 3.05) is 12.3 Å². The van der Waals surface area contributed by atoms with E-state index in [-0.39, 0.29) is 11.5 Å². The van der Waals surface area contributed by atoms with Crippen molar-refractivity contribution in [2.24, 2.45) is 5.92 Å². The first kappa shape index (κ1) is 18.5. The third kappa shape index (κ3) is 4.08. The molecule has 1 aliphatic rings. The second kappa shape index (κ2) is 7.91. The van der Waals surface area contributed by atoms with E-state index in [2.05, 4.69) is 25.8 Å². The molecule has 0 radical (unpaired) electrons. The van der Waals surface area contributed by atoms with Gasteiger partial charge in [0.05, 0.1) is 11.3 Å². The van der Waals surface area contributed by atoms with Crippen LogP contribution in [0.3, 0.4) is 0 Å². The normalized spacial score (nSPS) is 18.2. The molecule has 2 aromatic rings. The molecule has 5 nitrogen and oxygen atoms in total. The van der Waals surface area contributed by atoms with E-state index in [1.54, 1.807) is 4.57 Å². The first-order chi connectivity index (χ1) is 12.0. The monoisotopic (exact) mass is 379 g/mol. The number of rotatable bonds is 5. The molecule has 1 amide bonds. The van der Waals surface area contributed by atoms with Crippen molar-refractivity contribution in [1.82, 2.24) is 14.5 Å². The van der Waals surface area contributed by atoms with Crippen molar-refractivity contribution in [3.05, 3.63) is 21.8 Å². The van der Waals surface area contributed by atoms with Crippen molar-refractivity contribution in [3.8, 4) is 0 Å². The quantitative estimate of drug-likeness (QED) is 0.588. The van der Waals surface area contributed by atoms with Gasteiger partial charge in [-0.15, -0.1) is 11.3 Å². The maximum Gasteiger partial charge on any atom is 0.272 e. The minimum atomic E-state index is 0.00925. The summed E-state index contributed by atoms with van der Waals surface area (Å²) >= 11 is 2.82. The number of amides is 1. The van der Waals surface area contributed by atoms with E-state index in [0.29, 0.717) is 34.1 Å². The van der Waals surface area contributed by atoms with Gasteiger partial charge in [0.15, 0.2) is 5.16 Å². The molecule has 1 aliphatic heterocycles. The molecule has 1 saturated heterocycles. The van der Waals surface area contributed by atoms with Gasteiger partial charge in [0, 0.05) is 19.1 Å². The zero-order valence-electron chi connectivity index (χ0n) is 15.0. The van der Waals surface area contributed by atoms with Crippen LogP contribution in [0.15, 0.2) is 21.4 Å². The van der Waals surface area contributed by atoms with E-state index < -0.39 is 0 Å². The fourth-order valence-corrected chi connectivity index (χ4v) is 4.91. The Labute approximate surface area is 156 Å². The predicted octanol–water partition coefficient (Wildman–Crippen LogP) is 3.61. The lowest BCUT2D eigenvalue weighted by Gasteiger charge is -2.33. The molecule has 136 valence electrons. The number of piperidine rings is 1. The summed E-state index contributed by atoms with van der Waals surface area (Å²) in [4.78, 5) is 32.0. The number of fused-ring (bicyclic) bond motifs is 1. The molecule has 3 rings (SSSR count). The third-order valence-electron chi connectivity index (χ3n) is 4.53. The Morgan fingerprint density at radius 3 is 2.96 bits per heavy atom. The molecule has 0 bridgehead atoms. The number of thiophene rings is 1. The van der Waals surface area contributed by atoms with Gasteiger partial charge in [0.2, 0.25) is 5.91 Å². The fraction of sp³-hybridized carbons (Fsp3) is 0.611. The number of likely N-dealkylation sites (tertiary alicyclic amines) is 1. The summed E-state index contributed by atoms with van der Waals surface area (Å²) in [7, 11) is 0. The van der Waals surface area contributed by atoms with Crippen molar-refractivity contribution in [1.29, 1.82) is 0 Å². The van der Waals surface area contributed by atoms with Crippen molar-refractivity contribution >= 4 is 39.2 Å². The second-order valence-corrected chi connectivity index (χ2v) is 8.92. The highest BCUT2D eigenvalue weighted by atomic mass is 32.2. The highest BCUT2D eigenvalue weighted by molar-refractivity contribution is 7.99. The van der Waals surface area contributed by atoms with Crippen LogP contribution in [0.4, 0.5) is 0 Å². The molecule has 0 spiro atoms. The van der Waals surface area contributed by atoms with Crippen LogP contribution >= 0.6 is 23.1 Å². The largest absolute Gasteiger partial charge is 0.339 e. The van der Waals surface area contributed by atoms with Gasteiger partial charge >= 0.3 is 0 Å². The van der Waals surface area contributed by atoms with Gasteiger partial charge in [0.25, 0.3) is 5.56 Å². The van der Waals surface area contributed by atoms with Crippen LogP contribution in [-0.2, 0) is 11.3 Å². The molecule has 2 aromatic heterocycles. The maximum absolute atomic E-state index is 12.8. The highest BCUT2D eigenvalue weighted by Gasteiger charge is 2.24. The van der Waals surface area contributed by atoms with Crippen LogP contribution in [0.5, 0.6) is 0 Å². The Balaban J connectivity index is 1.82. The second-order valence-electron chi connectivity index (χ2n) is 7.06. The fourth-order valence-electron chi connectivity index (χ4n) is 3.24. The van der Waals surface area contributed by atoms with Crippen LogP contribution in [0.25, 0.3) is 10.2 Å². The van der Waals surface area contributed by atoms with Gasteiger partial charge in [-0.3, -0.25) is 14.2 Å². The summed E-state index contributed by atoms with van der Waals surface area (Å²) in [6.45, 7) is 7.75. The van der Waals surface area contributed by atoms with Crippen molar-refractivity contribution in [3.63, 3.8) is 0 Å². The third-order valence-corrected chi connectivity index (χ3v) is 6.38. The number of aromatic nitrogens is 2. The lowest BCUT2D eigenvalue weighted by molar-refractivity contribution is -0.131. The average molecular weight is 380 g/mol. The Hall–Kier alpha value is -1.34. The van der Waals surface area contributed by atoms with Crippen LogP contribution < -0.4 is 5.56 Å². The average Bonchev–Trinajstić information content (AvgIpc) is 3.04. The van der Waals surface area contributed by atoms with E-state index in [9.17, 15) is 9.59 Å². The molecule has 0 saturated carbocycles. The van der Waals surface area contributed by atoms with Crippen molar-refractivity contribution < 1.29 is 4.79 Å². The van der Waals surface area contributed by atoms with Crippen LogP contribution in [-0.4, -0.2) is 38.7 Å². The molecule has 0 aromatic carbocycles. The number of thioether (sulfide) groups is 1. The summed E-state index contributed by atoms with van der Waals surface area (Å²) in [5, 5.41) is 2.55. The number of carbonyl (C=O) groups is 1. The molecule has 0 aliphatic carbocycles. The molecule has 0 N–H and O–H groups in total. The smallest absolute Gasteiger partial charge is 0.272 e. The minimum Gasteiger partial charge on any atom is -0.339 e. The van der Waals surface area contributed by atoms with Crippen LogP contribution in [0.2, 0.25) is 0 Å². The zero-order valence-corrected chi connectivity index (χ0v) is 16.7. The van der Waals surface area contributed by atoms with Gasteiger partial charge in [-0.05, 0) is 43.6 Å². The Kier molecular flexibility index (Phi) is 5.84. The van der Waals surface area contributed by atoms with E-state index in [1.165, 1.54) is 29.5 Å². The Bertz CT molecular complexity index is 812. The molecule has 1 atom stereocenters. The summed E-state index contributed by atoms with van der Waals surface area (Å²) in [6, 6.07) is 2.19. The zero-order chi connectivity index (χ0) is 18.0. The summed E-state index contributed by atoms with van der Waals surface area (Å²) in [5.74, 6) is 0.826. The first-order valence-electron chi connectivity index (χ1n) is 8.87. The predicted molar refractivity (Wildman–Crippen MR) is 104 cm³/mol. The summed E-state index contributed by atoms with van der Waals surface area (Å²) < 4.78 is 2.43. The Morgan fingerprint density at radius 2 is 2.24 bits per heavy atom. The topological polar surface area (TPSA) is 55.2 Å². The highest BCUT2D eigenvalue weighted by Crippen LogP contribution is 2.23. The number of hydrogen-bond acceptors (Lipinski definition) is 5. The van der Waals surface area contributed by atoms with E-state index in [4.69, 9.17) is 0 Å². The lowest BCUT2D eigenvalue weighted by atomic mass is 10.0. The maximum atomic E-state index is 12.8. The van der Waals surface area contributed by atoms with Gasteiger partial charge in [-0.1, -0.05) is 25.6 Å². The van der Waals surface area contributed by atoms with Gasteiger partial charge in [0.1, 0.15) is 4.70 Å². The van der Waals surface area contributed by atoms with Crippen LogP contribution in [0, 0.1) is 5.92 Å². The summed E-state index contributed by atoms with van der Waals surface area (Å²) in [6.07, 6.45) is 3.36. The van der Waals surface area contributed by atoms with Gasteiger partial charge in [-0.25, -0.2) is 4.98 Å². The van der Waals surface area contributed by atoms with Crippen molar-refractivity contribution in [2.45, 2.75) is 57.8 Å². The van der Waals surface area contributed by atoms with E-state index in [1.807, 2.05) is 16.3 Å². The van der Waals surface area contributed by atoms with E-state index >= 15 is 0 Å². The number of carbonyl (C=O) groups excluding carboxylic acids is 1. The standard InChI is InChI=1S/C18H25N3O2S2/c1-12(2)10-21-17(23)16-14(7-9-24-16)19-18(21)25-11-15(22)20-8-5-4-6-13(20)3/h7,9,12-13H,4-6,8,10-11H2,1-3H3/t13-/m1/s1. The SMILES string of the molecule is CC(C)Cn1c(SCC(=O)N2CCCC[C@H]2C)nc2ccsc2c1=O.